The van der Waals surface area contributed by atoms with Gasteiger partial charge in [0, 0.05) is 26.1 Å². The normalized spacial score (nSPS) is 14.6. The van der Waals surface area contributed by atoms with Crippen molar-refractivity contribution in [3.05, 3.63) is 59.3 Å². The second-order valence-electron chi connectivity index (χ2n) is 6.34. The summed E-state index contributed by atoms with van der Waals surface area (Å²) < 4.78 is 38.4. The summed E-state index contributed by atoms with van der Waals surface area (Å²) >= 11 is 0. The molecule has 6 nitrogen and oxygen atoms in total. The summed E-state index contributed by atoms with van der Waals surface area (Å²) in [7, 11) is 1.48. The van der Waals surface area contributed by atoms with Gasteiger partial charge in [-0.25, -0.2) is 9.99 Å². The van der Waals surface area contributed by atoms with Crippen molar-refractivity contribution in [2.24, 2.45) is 5.10 Å². The molecule has 2 amide bonds. The summed E-state index contributed by atoms with van der Waals surface area (Å²) in [5.41, 5.74) is 0.755. The molecule has 1 aliphatic rings. The van der Waals surface area contributed by atoms with E-state index < -0.39 is 17.6 Å². The number of alkyl halides is 3. The van der Waals surface area contributed by atoms with Gasteiger partial charge in [0.2, 0.25) is 5.91 Å². The van der Waals surface area contributed by atoms with Crippen LogP contribution in [0.4, 0.5) is 19.0 Å². The van der Waals surface area contributed by atoms with Crippen molar-refractivity contribution in [1.29, 1.82) is 0 Å². The third-order valence-electron chi connectivity index (χ3n) is 4.20. The maximum Gasteiger partial charge on any atom is 0.416 e. The van der Waals surface area contributed by atoms with E-state index in [1.807, 2.05) is 0 Å². The minimum atomic E-state index is -4.39. The van der Waals surface area contributed by atoms with Crippen molar-refractivity contribution in [2.75, 3.05) is 12.4 Å². The fourth-order valence-electron chi connectivity index (χ4n) is 2.72. The van der Waals surface area contributed by atoms with Gasteiger partial charge in [-0.1, -0.05) is 24.3 Å². The lowest BCUT2D eigenvalue weighted by molar-refractivity contribution is -0.137. The summed E-state index contributed by atoms with van der Waals surface area (Å²) in [6.07, 6.45) is -2.14. The quantitative estimate of drug-likeness (QED) is 0.871. The molecule has 0 unspecified atom stereocenters. The lowest BCUT2D eigenvalue weighted by Gasteiger charge is -2.18. The van der Waals surface area contributed by atoms with Crippen molar-refractivity contribution < 1.29 is 22.8 Å². The molecule has 0 spiro atoms. The van der Waals surface area contributed by atoms with Crippen LogP contribution in [0.15, 0.2) is 47.7 Å². The van der Waals surface area contributed by atoms with E-state index in [0.29, 0.717) is 16.9 Å². The first-order chi connectivity index (χ1) is 13.2. The number of carbonyl (C=O) groups is 2. The van der Waals surface area contributed by atoms with Gasteiger partial charge in [-0.3, -0.25) is 9.59 Å². The molecule has 9 heteroatoms. The molecule has 0 saturated carbocycles. The number of hydrogen-bond donors (Lipinski definition) is 1. The monoisotopic (exact) mass is 390 g/mol. The molecule has 2 heterocycles. The topological polar surface area (TPSA) is 74.7 Å². The van der Waals surface area contributed by atoms with Gasteiger partial charge >= 0.3 is 6.18 Å². The van der Waals surface area contributed by atoms with E-state index in [4.69, 9.17) is 0 Å². The Kier molecular flexibility index (Phi) is 5.43. The number of anilines is 1. The number of hydrogen-bond acceptors (Lipinski definition) is 4. The van der Waals surface area contributed by atoms with Gasteiger partial charge in [0.05, 0.1) is 5.56 Å². The van der Waals surface area contributed by atoms with E-state index >= 15 is 0 Å². The molecule has 0 bridgehead atoms. The van der Waals surface area contributed by atoms with Crippen LogP contribution in [0.1, 0.15) is 29.5 Å². The standard InChI is InChI=1S/C19H17F3N4O2/c1-26-17(27)8-6-15(25-26)18(28)24-16-7-5-13(11-23-16)9-12-3-2-4-14(10-12)19(20,21)22/h2-5,7,10-11H,6,8-9H2,1H3,(H,23,24,28). The maximum atomic E-state index is 12.8. The highest BCUT2D eigenvalue weighted by molar-refractivity contribution is 6.43. The maximum absolute atomic E-state index is 12.8. The Labute approximate surface area is 159 Å². The predicted molar refractivity (Wildman–Crippen MR) is 96.6 cm³/mol. The van der Waals surface area contributed by atoms with Crippen LogP contribution in [-0.4, -0.2) is 34.6 Å². The lowest BCUT2D eigenvalue weighted by Crippen LogP contribution is -2.34. The smallest absolute Gasteiger partial charge is 0.305 e. The Balaban J connectivity index is 1.65. The summed E-state index contributed by atoms with van der Waals surface area (Å²) in [5, 5.41) is 7.66. The zero-order valence-electron chi connectivity index (χ0n) is 15.0. The number of aromatic nitrogens is 1. The van der Waals surface area contributed by atoms with Gasteiger partial charge in [0.25, 0.3) is 5.91 Å². The minimum Gasteiger partial charge on any atom is -0.305 e. The third-order valence-corrected chi connectivity index (χ3v) is 4.20. The van der Waals surface area contributed by atoms with E-state index in [1.165, 1.54) is 19.3 Å². The zero-order chi connectivity index (χ0) is 20.3. The van der Waals surface area contributed by atoms with Gasteiger partial charge in [-0.15, -0.1) is 0 Å². The fourth-order valence-corrected chi connectivity index (χ4v) is 2.72. The first-order valence-electron chi connectivity index (χ1n) is 8.49. The largest absolute Gasteiger partial charge is 0.416 e. The van der Waals surface area contributed by atoms with Crippen molar-refractivity contribution in [2.45, 2.75) is 25.4 Å². The molecule has 1 aromatic carbocycles. The Bertz CT molecular complexity index is 924. The highest BCUT2D eigenvalue weighted by Crippen LogP contribution is 2.30. The fraction of sp³-hybridized carbons (Fsp3) is 0.263. The summed E-state index contributed by atoms with van der Waals surface area (Å²) in [6.45, 7) is 0. The highest BCUT2D eigenvalue weighted by Gasteiger charge is 2.30. The Morgan fingerprint density at radius 2 is 1.96 bits per heavy atom. The van der Waals surface area contributed by atoms with Crippen LogP contribution in [0, 0.1) is 0 Å². The number of benzene rings is 1. The first-order valence-corrected chi connectivity index (χ1v) is 8.49. The average Bonchev–Trinajstić information content (AvgIpc) is 2.65. The Hall–Kier alpha value is -3.23. The van der Waals surface area contributed by atoms with Crippen LogP contribution >= 0.6 is 0 Å². The Morgan fingerprint density at radius 1 is 1.18 bits per heavy atom. The molecule has 1 N–H and O–H groups in total. The third kappa shape index (κ3) is 4.73. The van der Waals surface area contributed by atoms with Crippen LogP contribution in [0.5, 0.6) is 0 Å². The molecular formula is C19H17F3N4O2. The number of carbonyl (C=O) groups excluding carboxylic acids is 2. The van der Waals surface area contributed by atoms with E-state index in [1.54, 1.807) is 18.2 Å². The first kappa shape index (κ1) is 19.5. The molecule has 3 rings (SSSR count). The number of amides is 2. The number of rotatable bonds is 4. The van der Waals surface area contributed by atoms with Gasteiger partial charge < -0.3 is 5.32 Å². The average molecular weight is 390 g/mol. The van der Waals surface area contributed by atoms with Crippen molar-refractivity contribution >= 4 is 23.3 Å². The van der Waals surface area contributed by atoms with Crippen LogP contribution in [-0.2, 0) is 22.2 Å². The van der Waals surface area contributed by atoms with Crippen molar-refractivity contribution in [3.8, 4) is 0 Å². The number of halogens is 3. The van der Waals surface area contributed by atoms with Crippen LogP contribution in [0.25, 0.3) is 0 Å². The molecule has 0 saturated heterocycles. The molecule has 28 heavy (non-hydrogen) atoms. The number of pyridine rings is 1. The number of hydrazone groups is 1. The lowest BCUT2D eigenvalue weighted by atomic mass is 10.0. The second kappa shape index (κ2) is 7.79. The molecular weight excluding hydrogens is 373 g/mol. The van der Waals surface area contributed by atoms with Crippen LogP contribution in [0.2, 0.25) is 0 Å². The number of nitrogens with one attached hydrogen (secondary N) is 1. The van der Waals surface area contributed by atoms with Crippen LogP contribution < -0.4 is 5.32 Å². The van der Waals surface area contributed by atoms with Gasteiger partial charge in [-0.2, -0.15) is 18.3 Å². The molecule has 2 aromatic rings. The predicted octanol–water partition coefficient (Wildman–Crippen LogP) is 3.24. The van der Waals surface area contributed by atoms with Crippen LogP contribution in [0.3, 0.4) is 0 Å². The van der Waals surface area contributed by atoms with E-state index in [9.17, 15) is 22.8 Å². The van der Waals surface area contributed by atoms with E-state index in [2.05, 4.69) is 15.4 Å². The van der Waals surface area contributed by atoms with Gasteiger partial charge in [0.1, 0.15) is 11.5 Å². The number of nitrogens with zero attached hydrogens (tertiary/aromatic N) is 3. The molecule has 1 aromatic heterocycles. The summed E-state index contributed by atoms with van der Waals surface area (Å²) in [6, 6.07) is 8.37. The molecule has 1 aliphatic heterocycles. The molecule has 0 radical (unpaired) electrons. The second-order valence-corrected chi connectivity index (χ2v) is 6.34. The van der Waals surface area contributed by atoms with Crippen molar-refractivity contribution in [1.82, 2.24) is 9.99 Å². The Morgan fingerprint density at radius 3 is 2.61 bits per heavy atom. The van der Waals surface area contributed by atoms with E-state index in [-0.39, 0.29) is 30.9 Å². The highest BCUT2D eigenvalue weighted by atomic mass is 19.4. The zero-order valence-corrected chi connectivity index (χ0v) is 15.0. The molecule has 146 valence electrons. The summed E-state index contributed by atoms with van der Waals surface area (Å²) in [4.78, 5) is 27.7. The SMILES string of the molecule is CN1N=C(C(=O)Nc2ccc(Cc3cccc(C(F)(F)F)c3)cn2)CCC1=O. The molecule has 0 aliphatic carbocycles. The molecule has 0 fully saturated rings. The van der Waals surface area contributed by atoms with Gasteiger partial charge in [0.15, 0.2) is 0 Å². The minimum absolute atomic E-state index is 0.159. The summed E-state index contributed by atoms with van der Waals surface area (Å²) in [5.74, 6) is -0.314. The van der Waals surface area contributed by atoms with E-state index in [0.717, 1.165) is 17.1 Å². The van der Waals surface area contributed by atoms with Crippen molar-refractivity contribution in [3.63, 3.8) is 0 Å². The molecule has 0 atom stereocenters. The van der Waals surface area contributed by atoms with Gasteiger partial charge in [-0.05, 0) is 29.7 Å².